The van der Waals surface area contributed by atoms with Crippen molar-refractivity contribution in [3.8, 4) is 6.07 Å². The summed E-state index contributed by atoms with van der Waals surface area (Å²) in [6, 6.07) is 4.21. The van der Waals surface area contributed by atoms with E-state index in [1.165, 1.54) is 5.56 Å². The quantitative estimate of drug-likeness (QED) is 0.810. The zero-order valence-electron chi connectivity index (χ0n) is 10.9. The molecule has 4 heteroatoms. The van der Waals surface area contributed by atoms with Gasteiger partial charge in [-0.1, -0.05) is 26.8 Å². The maximum atomic E-state index is 8.92. The lowest BCUT2D eigenvalue weighted by Crippen LogP contribution is -2.12. The SMILES string of the molecule is CC(C)(C)c1cncc(Cn2ccnc2C#N)c1. The molecule has 0 aliphatic rings. The van der Waals surface area contributed by atoms with Gasteiger partial charge in [-0.15, -0.1) is 0 Å². The molecule has 0 aliphatic carbocycles. The molecule has 0 bridgehead atoms. The van der Waals surface area contributed by atoms with Gasteiger partial charge in [-0.3, -0.25) is 4.98 Å². The number of aromatic nitrogens is 3. The standard InChI is InChI=1S/C14H16N4/c1-14(2,3)12-6-11(8-16-9-12)10-18-5-4-17-13(18)7-15/h4-6,8-9H,10H2,1-3H3. The van der Waals surface area contributed by atoms with Crippen LogP contribution in [0, 0.1) is 11.3 Å². The van der Waals surface area contributed by atoms with Crippen molar-refractivity contribution in [1.29, 1.82) is 5.26 Å². The van der Waals surface area contributed by atoms with Gasteiger partial charge in [0, 0.05) is 24.8 Å². The summed E-state index contributed by atoms with van der Waals surface area (Å²) in [5, 5.41) is 8.92. The van der Waals surface area contributed by atoms with Gasteiger partial charge in [0.05, 0.1) is 6.54 Å². The van der Waals surface area contributed by atoms with Crippen LogP contribution < -0.4 is 0 Å². The second-order valence-electron chi connectivity index (χ2n) is 5.32. The van der Waals surface area contributed by atoms with Crippen LogP contribution in [-0.2, 0) is 12.0 Å². The van der Waals surface area contributed by atoms with Crippen LogP contribution in [0.5, 0.6) is 0 Å². The number of nitrogens with zero attached hydrogens (tertiary/aromatic N) is 4. The van der Waals surface area contributed by atoms with Gasteiger partial charge in [0.15, 0.2) is 0 Å². The van der Waals surface area contributed by atoms with E-state index in [1.807, 2.05) is 23.2 Å². The molecule has 0 N–H and O–H groups in total. The zero-order chi connectivity index (χ0) is 13.2. The fourth-order valence-electron chi connectivity index (χ4n) is 1.73. The van der Waals surface area contributed by atoms with E-state index in [-0.39, 0.29) is 5.41 Å². The van der Waals surface area contributed by atoms with Crippen LogP contribution in [0.3, 0.4) is 0 Å². The lowest BCUT2D eigenvalue weighted by Gasteiger charge is -2.19. The van der Waals surface area contributed by atoms with Gasteiger partial charge in [0.1, 0.15) is 6.07 Å². The fourth-order valence-corrected chi connectivity index (χ4v) is 1.73. The molecule has 0 unspecified atom stereocenters. The van der Waals surface area contributed by atoms with Crippen molar-refractivity contribution < 1.29 is 0 Å². The Morgan fingerprint density at radius 2 is 2.11 bits per heavy atom. The molecular weight excluding hydrogens is 224 g/mol. The fraction of sp³-hybridized carbons (Fsp3) is 0.357. The summed E-state index contributed by atoms with van der Waals surface area (Å²) in [6.07, 6.45) is 7.17. The molecule has 2 rings (SSSR count). The molecule has 0 saturated heterocycles. The molecule has 2 aromatic rings. The normalized spacial score (nSPS) is 11.2. The van der Waals surface area contributed by atoms with Gasteiger partial charge in [-0.05, 0) is 16.5 Å². The van der Waals surface area contributed by atoms with Gasteiger partial charge in [-0.25, -0.2) is 4.98 Å². The third-order valence-electron chi connectivity index (χ3n) is 2.83. The summed E-state index contributed by atoms with van der Waals surface area (Å²) in [7, 11) is 0. The van der Waals surface area contributed by atoms with E-state index in [0.29, 0.717) is 12.4 Å². The highest BCUT2D eigenvalue weighted by Crippen LogP contribution is 2.22. The molecule has 92 valence electrons. The van der Waals surface area contributed by atoms with Crippen LogP contribution in [0.1, 0.15) is 37.7 Å². The molecule has 2 heterocycles. The Labute approximate surface area is 107 Å². The lowest BCUT2D eigenvalue weighted by molar-refractivity contribution is 0.585. The third-order valence-corrected chi connectivity index (χ3v) is 2.83. The second kappa shape index (κ2) is 4.61. The molecule has 0 fully saturated rings. The molecule has 0 aromatic carbocycles. The highest BCUT2D eigenvalue weighted by molar-refractivity contribution is 5.25. The highest BCUT2D eigenvalue weighted by atomic mass is 15.1. The van der Waals surface area contributed by atoms with Crippen LogP contribution in [0.15, 0.2) is 30.9 Å². The van der Waals surface area contributed by atoms with Crippen LogP contribution in [-0.4, -0.2) is 14.5 Å². The van der Waals surface area contributed by atoms with Gasteiger partial charge in [-0.2, -0.15) is 5.26 Å². The summed E-state index contributed by atoms with van der Waals surface area (Å²) in [6.45, 7) is 7.10. The minimum atomic E-state index is 0.0794. The Kier molecular flexibility index (Phi) is 3.15. The first kappa shape index (κ1) is 12.3. The third kappa shape index (κ3) is 2.57. The number of rotatable bonds is 2. The van der Waals surface area contributed by atoms with E-state index in [1.54, 1.807) is 6.20 Å². The smallest absolute Gasteiger partial charge is 0.213 e. The van der Waals surface area contributed by atoms with Crippen molar-refractivity contribution in [2.24, 2.45) is 0 Å². The first-order chi connectivity index (χ1) is 8.50. The molecule has 0 saturated carbocycles. The largest absolute Gasteiger partial charge is 0.318 e. The van der Waals surface area contributed by atoms with E-state index in [9.17, 15) is 0 Å². The van der Waals surface area contributed by atoms with Crippen LogP contribution in [0.2, 0.25) is 0 Å². The monoisotopic (exact) mass is 240 g/mol. The molecule has 18 heavy (non-hydrogen) atoms. The number of pyridine rings is 1. The van der Waals surface area contributed by atoms with Gasteiger partial charge < -0.3 is 4.57 Å². The molecule has 4 nitrogen and oxygen atoms in total. The van der Waals surface area contributed by atoms with Gasteiger partial charge in [0.2, 0.25) is 5.82 Å². The maximum absolute atomic E-state index is 8.92. The average molecular weight is 240 g/mol. The molecule has 0 amide bonds. The molecule has 0 radical (unpaired) electrons. The summed E-state index contributed by atoms with van der Waals surface area (Å²) in [5.74, 6) is 0.427. The predicted octanol–water partition coefficient (Wildman–Crippen LogP) is 2.50. The van der Waals surface area contributed by atoms with E-state index in [4.69, 9.17) is 5.26 Å². The average Bonchev–Trinajstić information content (AvgIpc) is 2.75. The Morgan fingerprint density at radius 1 is 1.33 bits per heavy atom. The number of nitriles is 1. The van der Waals surface area contributed by atoms with Crippen molar-refractivity contribution in [2.45, 2.75) is 32.7 Å². The number of hydrogen-bond acceptors (Lipinski definition) is 3. The Hall–Kier alpha value is -2.15. The molecular formula is C14H16N4. The van der Waals surface area contributed by atoms with E-state index >= 15 is 0 Å². The predicted molar refractivity (Wildman–Crippen MR) is 69.0 cm³/mol. The zero-order valence-corrected chi connectivity index (χ0v) is 10.9. The topological polar surface area (TPSA) is 54.5 Å². The molecule has 2 aromatic heterocycles. The van der Waals surface area contributed by atoms with E-state index in [0.717, 1.165) is 5.56 Å². The Balaban J connectivity index is 2.28. The van der Waals surface area contributed by atoms with E-state index in [2.05, 4.69) is 42.9 Å². The summed E-state index contributed by atoms with van der Waals surface area (Å²) < 4.78 is 1.82. The first-order valence-corrected chi connectivity index (χ1v) is 5.86. The molecule has 0 atom stereocenters. The number of imidazole rings is 1. The van der Waals surface area contributed by atoms with Crippen LogP contribution in [0.25, 0.3) is 0 Å². The van der Waals surface area contributed by atoms with Crippen molar-refractivity contribution in [2.75, 3.05) is 0 Å². The van der Waals surface area contributed by atoms with Gasteiger partial charge >= 0.3 is 0 Å². The van der Waals surface area contributed by atoms with Crippen molar-refractivity contribution in [3.05, 3.63) is 47.8 Å². The summed E-state index contributed by atoms with van der Waals surface area (Å²) >= 11 is 0. The highest BCUT2D eigenvalue weighted by Gasteiger charge is 2.14. The number of hydrogen-bond donors (Lipinski definition) is 0. The van der Waals surface area contributed by atoms with Gasteiger partial charge in [0.25, 0.3) is 0 Å². The first-order valence-electron chi connectivity index (χ1n) is 5.86. The molecule has 0 spiro atoms. The van der Waals surface area contributed by atoms with Crippen molar-refractivity contribution in [3.63, 3.8) is 0 Å². The minimum absolute atomic E-state index is 0.0794. The summed E-state index contributed by atoms with van der Waals surface area (Å²) in [5.41, 5.74) is 2.35. The maximum Gasteiger partial charge on any atom is 0.213 e. The Bertz CT molecular complexity index is 584. The lowest BCUT2D eigenvalue weighted by atomic mass is 9.88. The summed E-state index contributed by atoms with van der Waals surface area (Å²) in [4.78, 5) is 8.25. The van der Waals surface area contributed by atoms with Crippen molar-refractivity contribution in [1.82, 2.24) is 14.5 Å². The molecule has 0 aliphatic heterocycles. The van der Waals surface area contributed by atoms with Crippen molar-refractivity contribution >= 4 is 0 Å². The van der Waals surface area contributed by atoms with E-state index < -0.39 is 0 Å². The minimum Gasteiger partial charge on any atom is -0.318 e. The second-order valence-corrected chi connectivity index (χ2v) is 5.32. The van der Waals surface area contributed by atoms with Crippen LogP contribution in [0.4, 0.5) is 0 Å². The van der Waals surface area contributed by atoms with Crippen LogP contribution >= 0.6 is 0 Å². The Morgan fingerprint density at radius 3 is 2.78 bits per heavy atom.